The maximum Gasteiger partial charge on any atom is 0.249 e. The first-order valence-electron chi connectivity index (χ1n) is 6.83. The Balaban J connectivity index is 2.02. The topological polar surface area (TPSA) is 81.4 Å². The Morgan fingerprint density at radius 1 is 1.45 bits per heavy atom. The summed E-state index contributed by atoms with van der Waals surface area (Å²) in [6.07, 6.45) is 1.52. The van der Waals surface area contributed by atoms with Crippen LogP contribution in [0.3, 0.4) is 0 Å². The second kappa shape index (κ2) is 6.52. The van der Waals surface area contributed by atoms with Gasteiger partial charge in [-0.25, -0.2) is 0 Å². The molecule has 1 saturated heterocycles. The number of nitrogens with one attached hydrogen (secondary N) is 1. The zero-order chi connectivity index (χ0) is 14.5. The van der Waals surface area contributed by atoms with Gasteiger partial charge in [0, 0.05) is 13.0 Å². The molecule has 1 heterocycles. The summed E-state index contributed by atoms with van der Waals surface area (Å²) in [5.74, 6) is -0.778. The molecule has 0 aromatic heterocycles. The Morgan fingerprint density at radius 2 is 2.20 bits per heavy atom. The molecule has 1 fully saturated rings. The third kappa shape index (κ3) is 3.57. The summed E-state index contributed by atoms with van der Waals surface area (Å²) in [6.45, 7) is 2.56. The molecule has 2 atom stereocenters. The fourth-order valence-corrected chi connectivity index (χ4v) is 2.33. The Hall–Kier alpha value is -1.88. The summed E-state index contributed by atoms with van der Waals surface area (Å²) in [7, 11) is 0. The minimum absolute atomic E-state index is 0.250. The molecule has 108 valence electrons. The average molecular weight is 276 g/mol. The van der Waals surface area contributed by atoms with Gasteiger partial charge in [-0.05, 0) is 30.9 Å². The van der Waals surface area contributed by atoms with Crippen LogP contribution in [0.15, 0.2) is 24.3 Å². The van der Waals surface area contributed by atoms with E-state index in [0.717, 1.165) is 17.5 Å². The zero-order valence-electron chi connectivity index (χ0n) is 11.6. The Bertz CT molecular complexity index is 496. The molecule has 5 heteroatoms. The van der Waals surface area contributed by atoms with Gasteiger partial charge in [0.25, 0.3) is 0 Å². The molecule has 3 N–H and O–H groups in total. The predicted molar refractivity (Wildman–Crippen MR) is 75.0 cm³/mol. The van der Waals surface area contributed by atoms with E-state index in [2.05, 4.69) is 5.32 Å². The van der Waals surface area contributed by atoms with E-state index in [9.17, 15) is 9.59 Å². The summed E-state index contributed by atoms with van der Waals surface area (Å²) in [4.78, 5) is 23.5. The zero-order valence-corrected chi connectivity index (χ0v) is 11.6. The van der Waals surface area contributed by atoms with E-state index in [1.165, 1.54) is 0 Å². The second-order valence-corrected chi connectivity index (χ2v) is 5.10. The fourth-order valence-electron chi connectivity index (χ4n) is 2.33. The highest BCUT2D eigenvalue weighted by atomic mass is 16.5. The van der Waals surface area contributed by atoms with Crippen molar-refractivity contribution in [3.63, 3.8) is 0 Å². The quantitative estimate of drug-likeness (QED) is 0.830. The minimum Gasteiger partial charge on any atom is -0.368 e. The summed E-state index contributed by atoms with van der Waals surface area (Å²) >= 11 is 0. The number of ether oxygens (including phenoxy) is 1. The van der Waals surface area contributed by atoms with Gasteiger partial charge < -0.3 is 15.8 Å². The molecule has 0 radical (unpaired) electrons. The molecule has 2 amide bonds. The maximum absolute atomic E-state index is 12.0. The summed E-state index contributed by atoms with van der Waals surface area (Å²) in [5.41, 5.74) is 7.46. The molecular weight excluding hydrogens is 256 g/mol. The molecule has 0 bridgehead atoms. The van der Waals surface area contributed by atoms with Crippen LogP contribution in [0.5, 0.6) is 0 Å². The number of hydrogen-bond donors (Lipinski definition) is 2. The van der Waals surface area contributed by atoms with E-state index < -0.39 is 18.1 Å². The lowest BCUT2D eigenvalue weighted by Gasteiger charge is -2.18. The number of benzene rings is 1. The monoisotopic (exact) mass is 276 g/mol. The third-order valence-corrected chi connectivity index (χ3v) is 3.57. The number of amides is 2. The highest BCUT2D eigenvalue weighted by Crippen LogP contribution is 2.13. The van der Waals surface area contributed by atoms with Crippen LogP contribution in [-0.4, -0.2) is 30.6 Å². The van der Waals surface area contributed by atoms with Crippen LogP contribution >= 0.6 is 0 Å². The Labute approximate surface area is 118 Å². The van der Waals surface area contributed by atoms with E-state index in [4.69, 9.17) is 10.5 Å². The van der Waals surface area contributed by atoms with Crippen LogP contribution in [0, 0.1) is 6.92 Å². The lowest BCUT2D eigenvalue weighted by Crippen LogP contribution is -2.49. The Kier molecular flexibility index (Phi) is 4.74. The van der Waals surface area contributed by atoms with E-state index in [1.807, 2.05) is 31.2 Å². The molecule has 5 nitrogen and oxygen atoms in total. The van der Waals surface area contributed by atoms with Gasteiger partial charge in [-0.3, -0.25) is 9.59 Å². The SMILES string of the molecule is Cc1ccccc1C[C@H](NC(=O)[C@@H]1CCCO1)C(N)=O. The molecule has 0 unspecified atom stereocenters. The summed E-state index contributed by atoms with van der Waals surface area (Å²) in [6, 6.07) is 7.04. The minimum atomic E-state index is -0.701. The Morgan fingerprint density at radius 3 is 2.80 bits per heavy atom. The van der Waals surface area contributed by atoms with Gasteiger partial charge in [0.1, 0.15) is 12.1 Å². The van der Waals surface area contributed by atoms with Crippen LogP contribution in [0.1, 0.15) is 24.0 Å². The number of nitrogens with two attached hydrogens (primary N) is 1. The van der Waals surface area contributed by atoms with Crippen LogP contribution in [0.25, 0.3) is 0 Å². The van der Waals surface area contributed by atoms with Gasteiger partial charge in [-0.15, -0.1) is 0 Å². The molecular formula is C15H20N2O3. The average Bonchev–Trinajstić information content (AvgIpc) is 2.94. The smallest absolute Gasteiger partial charge is 0.249 e. The second-order valence-electron chi connectivity index (χ2n) is 5.10. The van der Waals surface area contributed by atoms with Crippen molar-refractivity contribution < 1.29 is 14.3 Å². The first-order valence-corrected chi connectivity index (χ1v) is 6.83. The van der Waals surface area contributed by atoms with Crippen molar-refractivity contribution in [2.75, 3.05) is 6.61 Å². The summed E-state index contributed by atoms with van der Waals surface area (Å²) in [5, 5.41) is 2.70. The molecule has 1 aliphatic heterocycles. The van der Waals surface area contributed by atoms with Crippen LogP contribution in [0.2, 0.25) is 0 Å². The molecule has 20 heavy (non-hydrogen) atoms. The summed E-state index contributed by atoms with van der Waals surface area (Å²) < 4.78 is 5.31. The van der Waals surface area contributed by atoms with Crippen LogP contribution in [-0.2, 0) is 20.7 Å². The number of carbonyl (C=O) groups is 2. The first-order chi connectivity index (χ1) is 9.58. The number of primary amides is 1. The van der Waals surface area contributed by atoms with Crippen molar-refractivity contribution in [3.8, 4) is 0 Å². The van der Waals surface area contributed by atoms with Crippen LogP contribution in [0.4, 0.5) is 0 Å². The third-order valence-electron chi connectivity index (χ3n) is 3.57. The largest absolute Gasteiger partial charge is 0.368 e. The lowest BCUT2D eigenvalue weighted by molar-refractivity contribution is -0.133. The molecule has 2 rings (SSSR count). The van der Waals surface area contributed by atoms with E-state index >= 15 is 0 Å². The molecule has 1 aromatic rings. The molecule has 0 saturated carbocycles. The molecule has 0 aliphatic carbocycles. The number of aryl methyl sites for hydroxylation is 1. The van der Waals surface area contributed by atoms with Gasteiger partial charge in [-0.2, -0.15) is 0 Å². The highest BCUT2D eigenvalue weighted by Gasteiger charge is 2.27. The van der Waals surface area contributed by atoms with Gasteiger partial charge in [0.15, 0.2) is 0 Å². The van der Waals surface area contributed by atoms with Crippen molar-refractivity contribution in [3.05, 3.63) is 35.4 Å². The van der Waals surface area contributed by atoms with Crippen molar-refractivity contribution in [1.29, 1.82) is 0 Å². The molecule has 1 aromatic carbocycles. The van der Waals surface area contributed by atoms with Gasteiger partial charge in [0.2, 0.25) is 11.8 Å². The molecule has 0 spiro atoms. The van der Waals surface area contributed by atoms with Crippen LogP contribution < -0.4 is 11.1 Å². The number of carbonyl (C=O) groups excluding carboxylic acids is 2. The van der Waals surface area contributed by atoms with Crippen molar-refractivity contribution in [2.45, 2.75) is 38.3 Å². The lowest BCUT2D eigenvalue weighted by atomic mass is 10.0. The standard InChI is InChI=1S/C15H20N2O3/c1-10-5-2-3-6-11(10)9-12(14(16)18)17-15(19)13-7-4-8-20-13/h2-3,5-6,12-13H,4,7-9H2,1H3,(H2,16,18)(H,17,19)/t12-,13-/m0/s1. The normalized spacial score (nSPS) is 19.6. The van der Waals surface area contributed by atoms with Gasteiger partial charge in [-0.1, -0.05) is 24.3 Å². The van der Waals surface area contributed by atoms with E-state index in [0.29, 0.717) is 19.4 Å². The first kappa shape index (κ1) is 14.5. The van der Waals surface area contributed by atoms with Gasteiger partial charge in [0.05, 0.1) is 0 Å². The number of hydrogen-bond acceptors (Lipinski definition) is 3. The van der Waals surface area contributed by atoms with Crippen molar-refractivity contribution >= 4 is 11.8 Å². The highest BCUT2D eigenvalue weighted by molar-refractivity contribution is 5.88. The van der Waals surface area contributed by atoms with E-state index in [1.54, 1.807) is 0 Å². The maximum atomic E-state index is 12.0. The van der Waals surface area contributed by atoms with Gasteiger partial charge >= 0.3 is 0 Å². The van der Waals surface area contributed by atoms with Crippen molar-refractivity contribution in [1.82, 2.24) is 5.32 Å². The van der Waals surface area contributed by atoms with E-state index in [-0.39, 0.29) is 5.91 Å². The van der Waals surface area contributed by atoms with Crippen molar-refractivity contribution in [2.24, 2.45) is 5.73 Å². The predicted octanol–water partition coefficient (Wildman–Crippen LogP) is 0.687. The molecule has 1 aliphatic rings. The fraction of sp³-hybridized carbons (Fsp3) is 0.467. The number of rotatable bonds is 5.